The predicted octanol–water partition coefficient (Wildman–Crippen LogP) is 2.35. The summed E-state index contributed by atoms with van der Waals surface area (Å²) < 4.78 is 4.99. The van der Waals surface area contributed by atoms with Crippen LogP contribution in [0.15, 0.2) is 59.5 Å². The van der Waals surface area contributed by atoms with Crippen LogP contribution in [-0.2, 0) is 25.7 Å². The molecule has 0 fully saturated rings. The van der Waals surface area contributed by atoms with Gasteiger partial charge in [-0.15, -0.1) is 11.8 Å². The number of carbonyl (C=O) groups excluding carboxylic acids is 3. The van der Waals surface area contributed by atoms with E-state index >= 15 is 0 Å². The molecule has 134 valence electrons. The SMILES string of the molecule is O=C(COC(=O)C[C@@H]1Sc2ccccc2NC1=O)NCc1ccccc1. The highest BCUT2D eigenvalue weighted by Crippen LogP contribution is 2.36. The Kier molecular flexibility index (Phi) is 5.91. The molecule has 7 heteroatoms. The van der Waals surface area contributed by atoms with Crippen LogP contribution in [0, 0.1) is 0 Å². The lowest BCUT2D eigenvalue weighted by Gasteiger charge is -2.23. The number of hydrogen-bond donors (Lipinski definition) is 2. The fraction of sp³-hybridized carbons (Fsp3) is 0.211. The highest BCUT2D eigenvalue weighted by molar-refractivity contribution is 8.01. The van der Waals surface area contributed by atoms with Gasteiger partial charge in [0.2, 0.25) is 5.91 Å². The highest BCUT2D eigenvalue weighted by Gasteiger charge is 2.29. The number of anilines is 1. The van der Waals surface area contributed by atoms with E-state index in [2.05, 4.69) is 10.6 Å². The Balaban J connectivity index is 1.43. The van der Waals surface area contributed by atoms with E-state index in [1.807, 2.05) is 54.6 Å². The third kappa shape index (κ3) is 4.86. The number of hydrogen-bond acceptors (Lipinski definition) is 5. The maximum Gasteiger partial charge on any atom is 0.307 e. The minimum atomic E-state index is -0.577. The molecule has 0 spiro atoms. The zero-order valence-corrected chi connectivity index (χ0v) is 14.8. The lowest BCUT2D eigenvalue weighted by atomic mass is 10.2. The van der Waals surface area contributed by atoms with Crippen molar-refractivity contribution in [2.45, 2.75) is 23.1 Å². The van der Waals surface area contributed by atoms with Crippen molar-refractivity contribution in [3.63, 3.8) is 0 Å². The van der Waals surface area contributed by atoms with Gasteiger partial charge >= 0.3 is 5.97 Å². The van der Waals surface area contributed by atoms with Crippen molar-refractivity contribution in [3.05, 3.63) is 60.2 Å². The number of nitrogens with one attached hydrogen (secondary N) is 2. The van der Waals surface area contributed by atoms with Crippen molar-refractivity contribution in [1.29, 1.82) is 0 Å². The third-order valence-electron chi connectivity index (χ3n) is 3.76. The number of esters is 1. The van der Waals surface area contributed by atoms with E-state index in [1.54, 1.807) is 0 Å². The molecule has 6 nitrogen and oxygen atoms in total. The van der Waals surface area contributed by atoms with Gasteiger partial charge in [-0.1, -0.05) is 42.5 Å². The molecule has 0 aromatic heterocycles. The summed E-state index contributed by atoms with van der Waals surface area (Å²) in [6.07, 6.45) is -0.0865. The molecule has 1 heterocycles. The van der Waals surface area contributed by atoms with Crippen molar-refractivity contribution in [1.82, 2.24) is 5.32 Å². The summed E-state index contributed by atoms with van der Waals surface area (Å²) in [4.78, 5) is 36.7. The van der Waals surface area contributed by atoms with Crippen LogP contribution in [-0.4, -0.2) is 29.6 Å². The van der Waals surface area contributed by atoms with Gasteiger partial charge in [-0.25, -0.2) is 0 Å². The molecule has 0 bridgehead atoms. The second-order valence-electron chi connectivity index (χ2n) is 5.72. The fourth-order valence-corrected chi connectivity index (χ4v) is 3.53. The average Bonchev–Trinajstić information content (AvgIpc) is 2.66. The smallest absolute Gasteiger partial charge is 0.307 e. The van der Waals surface area contributed by atoms with Crippen LogP contribution in [0.5, 0.6) is 0 Å². The van der Waals surface area contributed by atoms with Crippen LogP contribution < -0.4 is 10.6 Å². The van der Waals surface area contributed by atoms with Crippen LogP contribution in [0.2, 0.25) is 0 Å². The van der Waals surface area contributed by atoms with E-state index in [0.29, 0.717) is 6.54 Å². The second kappa shape index (κ2) is 8.53. The monoisotopic (exact) mass is 370 g/mol. The summed E-state index contributed by atoms with van der Waals surface area (Å²) in [5, 5.41) is 4.89. The van der Waals surface area contributed by atoms with Crippen LogP contribution >= 0.6 is 11.8 Å². The molecule has 2 N–H and O–H groups in total. The summed E-state index contributed by atoms with van der Waals surface area (Å²) in [6, 6.07) is 16.8. The Morgan fingerprint density at radius 3 is 2.62 bits per heavy atom. The number of fused-ring (bicyclic) bond motifs is 1. The van der Waals surface area contributed by atoms with E-state index in [-0.39, 0.29) is 24.8 Å². The summed E-state index contributed by atoms with van der Waals surface area (Å²) in [7, 11) is 0. The Labute approximate surface area is 155 Å². The molecule has 0 aliphatic carbocycles. The lowest BCUT2D eigenvalue weighted by molar-refractivity contribution is -0.149. The first-order valence-electron chi connectivity index (χ1n) is 8.14. The third-order valence-corrected chi connectivity index (χ3v) is 5.03. The first-order valence-corrected chi connectivity index (χ1v) is 9.02. The highest BCUT2D eigenvalue weighted by atomic mass is 32.2. The van der Waals surface area contributed by atoms with Gasteiger partial charge < -0.3 is 15.4 Å². The summed E-state index contributed by atoms with van der Waals surface area (Å²) in [5.41, 5.74) is 1.70. The number of rotatable bonds is 6. The molecule has 3 rings (SSSR count). The van der Waals surface area contributed by atoms with Gasteiger partial charge in [0.1, 0.15) is 0 Å². The molecule has 1 aliphatic rings. The molecular weight excluding hydrogens is 352 g/mol. The number of carbonyl (C=O) groups is 3. The molecule has 0 unspecified atom stereocenters. The van der Waals surface area contributed by atoms with Crippen molar-refractivity contribution in [2.24, 2.45) is 0 Å². The Bertz CT molecular complexity index is 810. The zero-order chi connectivity index (χ0) is 18.4. The molecule has 2 aromatic rings. The van der Waals surface area contributed by atoms with Crippen LogP contribution in [0.25, 0.3) is 0 Å². The summed E-state index contributed by atoms with van der Waals surface area (Å²) in [6.45, 7) is 0.0101. The first kappa shape index (κ1) is 18.0. The minimum absolute atomic E-state index is 0.0865. The second-order valence-corrected chi connectivity index (χ2v) is 6.96. The van der Waals surface area contributed by atoms with E-state index < -0.39 is 11.2 Å². The van der Waals surface area contributed by atoms with Crippen molar-refractivity contribution >= 4 is 35.2 Å². The van der Waals surface area contributed by atoms with E-state index in [1.165, 1.54) is 11.8 Å². The first-order chi connectivity index (χ1) is 12.6. The maximum atomic E-state index is 12.1. The van der Waals surface area contributed by atoms with Gasteiger partial charge in [-0.3, -0.25) is 14.4 Å². The van der Waals surface area contributed by atoms with Gasteiger partial charge in [0, 0.05) is 11.4 Å². The van der Waals surface area contributed by atoms with Gasteiger partial charge in [0.15, 0.2) is 6.61 Å². The molecule has 0 radical (unpaired) electrons. The van der Waals surface area contributed by atoms with Gasteiger partial charge in [0.05, 0.1) is 17.4 Å². The average molecular weight is 370 g/mol. The summed E-state index contributed by atoms with van der Waals surface area (Å²) in [5.74, 6) is -1.20. The van der Waals surface area contributed by atoms with Crippen molar-refractivity contribution in [3.8, 4) is 0 Å². The van der Waals surface area contributed by atoms with Crippen LogP contribution in [0.1, 0.15) is 12.0 Å². The number of thioether (sulfide) groups is 1. The number of para-hydroxylation sites is 1. The van der Waals surface area contributed by atoms with E-state index in [4.69, 9.17) is 4.74 Å². The van der Waals surface area contributed by atoms with Crippen LogP contribution in [0.3, 0.4) is 0 Å². The molecule has 2 aromatic carbocycles. The number of amides is 2. The normalized spacial score (nSPS) is 15.5. The Hall–Kier alpha value is -2.80. The van der Waals surface area contributed by atoms with E-state index in [0.717, 1.165) is 16.1 Å². The molecule has 2 amide bonds. The van der Waals surface area contributed by atoms with Gasteiger partial charge in [0.25, 0.3) is 5.91 Å². The Morgan fingerprint density at radius 1 is 1.08 bits per heavy atom. The maximum absolute atomic E-state index is 12.1. The number of benzene rings is 2. The minimum Gasteiger partial charge on any atom is -0.456 e. The molecule has 1 atom stereocenters. The van der Waals surface area contributed by atoms with E-state index in [9.17, 15) is 14.4 Å². The number of ether oxygens (including phenoxy) is 1. The fourth-order valence-electron chi connectivity index (χ4n) is 2.43. The Morgan fingerprint density at radius 2 is 1.81 bits per heavy atom. The van der Waals surface area contributed by atoms with Gasteiger partial charge in [-0.2, -0.15) is 0 Å². The zero-order valence-electron chi connectivity index (χ0n) is 13.9. The molecule has 0 saturated carbocycles. The lowest BCUT2D eigenvalue weighted by Crippen LogP contribution is -2.33. The molecule has 0 saturated heterocycles. The quantitative estimate of drug-likeness (QED) is 0.763. The van der Waals surface area contributed by atoms with Crippen molar-refractivity contribution in [2.75, 3.05) is 11.9 Å². The van der Waals surface area contributed by atoms with Crippen LogP contribution in [0.4, 0.5) is 5.69 Å². The van der Waals surface area contributed by atoms with Gasteiger partial charge in [-0.05, 0) is 17.7 Å². The largest absolute Gasteiger partial charge is 0.456 e. The summed E-state index contributed by atoms with van der Waals surface area (Å²) >= 11 is 1.32. The molecule has 26 heavy (non-hydrogen) atoms. The van der Waals surface area contributed by atoms with Crippen molar-refractivity contribution < 1.29 is 19.1 Å². The molecule has 1 aliphatic heterocycles. The topological polar surface area (TPSA) is 84.5 Å². The predicted molar refractivity (Wildman–Crippen MR) is 98.6 cm³/mol. The standard InChI is InChI=1S/C19H18N2O4S/c22-17(20-11-13-6-2-1-3-7-13)12-25-18(23)10-16-19(24)21-14-8-4-5-9-15(14)26-16/h1-9,16H,10-12H2,(H,20,22)(H,21,24)/t16-/m0/s1. The molecular formula is C19H18N2O4S.